The highest BCUT2D eigenvalue weighted by Gasteiger charge is 2.21. The number of ether oxygens (including phenoxy) is 2. The van der Waals surface area contributed by atoms with E-state index in [9.17, 15) is 9.59 Å². The minimum atomic E-state index is -0.584. The Bertz CT molecular complexity index is 1120. The molecule has 5 nitrogen and oxygen atoms in total. The van der Waals surface area contributed by atoms with E-state index < -0.39 is 5.92 Å². The molecule has 0 aromatic heterocycles. The largest absolute Gasteiger partial charge is 0.493 e. The van der Waals surface area contributed by atoms with E-state index in [-0.39, 0.29) is 18.2 Å². The van der Waals surface area contributed by atoms with Crippen molar-refractivity contribution in [2.45, 2.75) is 5.92 Å². The number of hydrogen-bond donors (Lipinski definition) is 1. The van der Waals surface area contributed by atoms with Gasteiger partial charge in [0.2, 0.25) is 5.91 Å². The molecule has 1 amide bonds. The van der Waals surface area contributed by atoms with Crippen molar-refractivity contribution >= 4 is 23.8 Å². The molecule has 0 radical (unpaired) electrons. The number of hydrogen-bond acceptors (Lipinski definition) is 4. The minimum absolute atomic E-state index is 0.126. The van der Waals surface area contributed by atoms with E-state index in [1.807, 2.05) is 66.7 Å². The Labute approximate surface area is 194 Å². The zero-order chi connectivity index (χ0) is 23.5. The topological polar surface area (TPSA) is 64.6 Å². The smallest absolute Gasteiger partial charge is 0.244 e. The van der Waals surface area contributed by atoms with E-state index in [0.717, 1.165) is 16.7 Å². The summed E-state index contributed by atoms with van der Waals surface area (Å²) in [5, 5.41) is 2.84. The van der Waals surface area contributed by atoms with Gasteiger partial charge in [0.1, 0.15) is 0 Å². The van der Waals surface area contributed by atoms with Crippen molar-refractivity contribution in [3.8, 4) is 11.5 Å². The van der Waals surface area contributed by atoms with Gasteiger partial charge in [0.05, 0.1) is 20.1 Å². The average Bonchev–Trinajstić information content (AvgIpc) is 2.87. The molecule has 1 atom stereocenters. The van der Waals surface area contributed by atoms with Crippen LogP contribution in [0.2, 0.25) is 0 Å². The molecule has 33 heavy (non-hydrogen) atoms. The van der Waals surface area contributed by atoms with Gasteiger partial charge in [-0.05, 0) is 41.0 Å². The molecule has 0 saturated heterocycles. The summed E-state index contributed by atoms with van der Waals surface area (Å²) in [4.78, 5) is 25.5. The lowest BCUT2D eigenvalue weighted by molar-refractivity contribution is -0.117. The van der Waals surface area contributed by atoms with E-state index in [0.29, 0.717) is 11.5 Å². The third-order valence-electron chi connectivity index (χ3n) is 5.10. The summed E-state index contributed by atoms with van der Waals surface area (Å²) in [5.74, 6) is 0.110. The molecule has 1 unspecified atom stereocenters. The molecule has 1 N–H and O–H groups in total. The first-order valence-electron chi connectivity index (χ1n) is 10.6. The normalized spacial score (nSPS) is 11.9. The second kappa shape index (κ2) is 12.1. The fourth-order valence-corrected chi connectivity index (χ4v) is 3.31. The number of nitrogens with one attached hydrogen (secondary N) is 1. The molecule has 0 aliphatic rings. The van der Waals surface area contributed by atoms with E-state index in [1.54, 1.807) is 44.6 Å². The summed E-state index contributed by atoms with van der Waals surface area (Å²) in [6, 6.07) is 24.5. The van der Waals surface area contributed by atoms with Crippen molar-refractivity contribution in [3.63, 3.8) is 0 Å². The molecule has 3 aromatic carbocycles. The summed E-state index contributed by atoms with van der Waals surface area (Å²) in [7, 11) is 3.10. The zero-order valence-electron chi connectivity index (χ0n) is 18.7. The molecule has 0 bridgehead atoms. The van der Waals surface area contributed by atoms with Crippen molar-refractivity contribution in [1.82, 2.24) is 5.32 Å². The Morgan fingerprint density at radius 1 is 0.788 bits per heavy atom. The minimum Gasteiger partial charge on any atom is -0.493 e. The van der Waals surface area contributed by atoms with E-state index in [4.69, 9.17) is 9.47 Å². The van der Waals surface area contributed by atoms with Crippen LogP contribution in [-0.2, 0) is 9.59 Å². The number of ketones is 1. The van der Waals surface area contributed by atoms with Crippen molar-refractivity contribution in [2.24, 2.45) is 0 Å². The maximum atomic E-state index is 13.1. The molecule has 3 aromatic rings. The summed E-state index contributed by atoms with van der Waals surface area (Å²) >= 11 is 0. The van der Waals surface area contributed by atoms with Crippen LogP contribution in [0, 0.1) is 0 Å². The molecule has 0 saturated carbocycles. The van der Waals surface area contributed by atoms with Crippen LogP contribution in [-0.4, -0.2) is 32.5 Å². The Morgan fingerprint density at radius 2 is 1.36 bits per heavy atom. The number of allylic oxidation sites excluding steroid dienone is 1. The second-order valence-electron chi connectivity index (χ2n) is 7.30. The average molecular weight is 442 g/mol. The Morgan fingerprint density at radius 3 is 1.94 bits per heavy atom. The number of methoxy groups -OCH3 is 2. The monoisotopic (exact) mass is 441 g/mol. The van der Waals surface area contributed by atoms with Gasteiger partial charge in [0, 0.05) is 12.6 Å². The van der Waals surface area contributed by atoms with Crippen molar-refractivity contribution in [3.05, 3.63) is 108 Å². The van der Waals surface area contributed by atoms with Crippen molar-refractivity contribution in [2.75, 3.05) is 20.8 Å². The quantitative estimate of drug-likeness (QED) is 0.455. The lowest BCUT2D eigenvalue weighted by atomic mass is 9.93. The molecule has 168 valence electrons. The van der Waals surface area contributed by atoms with Gasteiger partial charge in [0.15, 0.2) is 17.3 Å². The lowest BCUT2D eigenvalue weighted by Gasteiger charge is -2.17. The Kier molecular flexibility index (Phi) is 8.60. The van der Waals surface area contributed by atoms with Crippen molar-refractivity contribution < 1.29 is 19.1 Å². The number of amides is 1. The van der Waals surface area contributed by atoms with Crippen LogP contribution in [0.1, 0.15) is 22.6 Å². The Hall–Kier alpha value is -4.12. The summed E-state index contributed by atoms with van der Waals surface area (Å²) < 4.78 is 10.7. The first-order valence-corrected chi connectivity index (χ1v) is 10.6. The number of rotatable bonds is 10. The first-order chi connectivity index (χ1) is 16.1. The molecule has 0 spiro atoms. The second-order valence-corrected chi connectivity index (χ2v) is 7.30. The molecule has 0 aliphatic heterocycles. The third-order valence-corrected chi connectivity index (χ3v) is 5.10. The molecule has 5 heteroatoms. The summed E-state index contributed by atoms with van der Waals surface area (Å²) in [6.45, 7) is 0.144. The molecule has 0 fully saturated rings. The number of carbonyl (C=O) groups excluding carboxylic acids is 2. The van der Waals surface area contributed by atoms with Gasteiger partial charge >= 0.3 is 0 Å². The van der Waals surface area contributed by atoms with Gasteiger partial charge in [-0.1, -0.05) is 72.8 Å². The van der Waals surface area contributed by atoms with Crippen molar-refractivity contribution in [1.29, 1.82) is 0 Å². The zero-order valence-corrected chi connectivity index (χ0v) is 18.7. The highest BCUT2D eigenvalue weighted by atomic mass is 16.5. The maximum Gasteiger partial charge on any atom is 0.244 e. The molecule has 0 aliphatic carbocycles. The van der Waals surface area contributed by atoms with Gasteiger partial charge in [-0.15, -0.1) is 0 Å². The highest BCUT2D eigenvalue weighted by molar-refractivity contribution is 5.99. The first kappa shape index (κ1) is 23.5. The fraction of sp³-hybridized carbons (Fsp3) is 0.143. The van der Waals surface area contributed by atoms with Crippen LogP contribution in [0.3, 0.4) is 0 Å². The van der Waals surface area contributed by atoms with Crippen LogP contribution >= 0.6 is 0 Å². The van der Waals surface area contributed by atoms with Crippen LogP contribution in [0.4, 0.5) is 0 Å². The fourth-order valence-electron chi connectivity index (χ4n) is 3.31. The Balaban J connectivity index is 1.79. The molecular weight excluding hydrogens is 414 g/mol. The van der Waals surface area contributed by atoms with E-state index >= 15 is 0 Å². The van der Waals surface area contributed by atoms with Crippen LogP contribution in [0.25, 0.3) is 12.2 Å². The predicted octanol–water partition coefficient (Wildman–Crippen LogP) is 4.90. The summed E-state index contributed by atoms with van der Waals surface area (Å²) in [5.41, 5.74) is 2.57. The third kappa shape index (κ3) is 6.94. The highest BCUT2D eigenvalue weighted by Crippen LogP contribution is 2.31. The molecular formula is C28H27NO4. The van der Waals surface area contributed by atoms with Crippen LogP contribution in [0.15, 0.2) is 91.0 Å². The van der Waals surface area contributed by atoms with E-state index in [2.05, 4.69) is 5.32 Å². The number of carbonyl (C=O) groups is 2. The molecule has 0 heterocycles. The maximum absolute atomic E-state index is 13.1. The van der Waals surface area contributed by atoms with Gasteiger partial charge in [-0.3, -0.25) is 9.59 Å². The van der Waals surface area contributed by atoms with Gasteiger partial charge in [0.25, 0.3) is 0 Å². The SMILES string of the molecule is COc1ccc(C(CNC(=O)C=Cc2ccccc2)C(=O)C=Cc2ccccc2)cc1OC. The standard InChI is InChI=1S/C28H27NO4/c1-32-26-17-15-23(19-27(26)33-2)24(25(30)16-13-21-9-5-3-6-10-21)20-29-28(31)18-14-22-11-7-4-8-12-22/h3-19,24H,20H2,1-2H3,(H,29,31). The molecule has 3 rings (SSSR count). The van der Waals surface area contributed by atoms with Crippen LogP contribution in [0.5, 0.6) is 11.5 Å². The summed E-state index contributed by atoms with van der Waals surface area (Å²) in [6.07, 6.45) is 6.51. The van der Waals surface area contributed by atoms with E-state index in [1.165, 1.54) is 6.08 Å². The predicted molar refractivity (Wildman–Crippen MR) is 131 cm³/mol. The number of benzene rings is 3. The van der Waals surface area contributed by atoms with Gasteiger partial charge in [-0.2, -0.15) is 0 Å². The van der Waals surface area contributed by atoms with Crippen LogP contribution < -0.4 is 14.8 Å². The van der Waals surface area contributed by atoms with Gasteiger partial charge in [-0.25, -0.2) is 0 Å². The lowest BCUT2D eigenvalue weighted by Crippen LogP contribution is -2.30. The van der Waals surface area contributed by atoms with Gasteiger partial charge < -0.3 is 14.8 Å².